The molecule has 0 bridgehead atoms. The van der Waals surface area contributed by atoms with Crippen LogP contribution in [0.1, 0.15) is 27.4 Å². The quantitative estimate of drug-likeness (QED) is 0.293. The van der Waals surface area contributed by atoms with E-state index in [1.54, 1.807) is 24.3 Å². The maximum absolute atomic E-state index is 14.0. The first-order valence-electron chi connectivity index (χ1n) is 9.25. The van der Waals surface area contributed by atoms with Crippen LogP contribution in [0.4, 0.5) is 10.3 Å². The second-order valence-electron chi connectivity index (χ2n) is 6.92. The molecule has 0 saturated carbocycles. The zero-order valence-electron chi connectivity index (χ0n) is 16.1. The van der Waals surface area contributed by atoms with Crippen LogP contribution in [0.15, 0.2) is 52.9 Å². The molecule has 1 aliphatic rings. The van der Waals surface area contributed by atoms with Crippen LogP contribution in [0.25, 0.3) is 34.2 Å². The molecule has 0 N–H and O–H groups in total. The summed E-state index contributed by atoms with van der Waals surface area (Å²) < 4.78 is 24.4. The Balaban J connectivity index is 1.74. The van der Waals surface area contributed by atoms with Gasteiger partial charge in [-0.05, 0) is 60.2 Å². The maximum atomic E-state index is 14.0. The van der Waals surface area contributed by atoms with E-state index in [0.717, 1.165) is 0 Å². The largest absolute Gasteiger partial charge is 0.497 e. The highest BCUT2D eigenvalue weighted by molar-refractivity contribution is 6.28. The minimum absolute atomic E-state index is 0.245. The Hall–Kier alpha value is -4.33. The first-order chi connectivity index (χ1) is 15.0. The number of ether oxygens (including phenoxy) is 1. The number of nitro groups is 1. The summed E-state index contributed by atoms with van der Waals surface area (Å²) in [6.45, 7) is 0. The van der Waals surface area contributed by atoms with Crippen molar-refractivity contribution in [1.29, 1.82) is 0 Å². The fourth-order valence-corrected chi connectivity index (χ4v) is 3.77. The van der Waals surface area contributed by atoms with Gasteiger partial charge in [-0.15, -0.1) is 0 Å². The lowest BCUT2D eigenvalue weighted by Gasteiger charge is -2.09. The number of benzene rings is 2. The first kappa shape index (κ1) is 18.7. The van der Waals surface area contributed by atoms with E-state index >= 15 is 0 Å². The average molecular weight is 416 g/mol. The number of hydrogen-bond donors (Lipinski definition) is 0. The van der Waals surface area contributed by atoms with Crippen LogP contribution in [0, 0.1) is 15.9 Å². The molecule has 1 aliphatic carbocycles. The van der Waals surface area contributed by atoms with Crippen molar-refractivity contribution in [2.24, 2.45) is 0 Å². The van der Waals surface area contributed by atoms with E-state index in [4.69, 9.17) is 9.15 Å². The number of furan rings is 1. The summed E-state index contributed by atoms with van der Waals surface area (Å²) in [7, 11) is 1.51. The number of aromatic nitrogens is 1. The molecule has 152 valence electrons. The smallest absolute Gasteiger partial charge is 0.433 e. The number of pyridine rings is 1. The van der Waals surface area contributed by atoms with E-state index < -0.39 is 10.7 Å². The molecule has 0 unspecified atom stereocenters. The number of nitrogens with zero attached hydrogens (tertiary/aromatic N) is 2. The van der Waals surface area contributed by atoms with Gasteiger partial charge >= 0.3 is 5.88 Å². The summed E-state index contributed by atoms with van der Waals surface area (Å²) in [5.41, 5.74) is 2.94. The molecule has 0 radical (unpaired) electrons. The van der Waals surface area contributed by atoms with Crippen LogP contribution < -0.4 is 4.74 Å². The maximum Gasteiger partial charge on any atom is 0.433 e. The molecule has 0 spiro atoms. The van der Waals surface area contributed by atoms with Gasteiger partial charge in [-0.1, -0.05) is 0 Å². The minimum atomic E-state index is -0.625. The number of ketones is 1. The molecular formula is C23H13FN2O5. The topological polar surface area (TPSA) is 95.5 Å². The highest BCUT2D eigenvalue weighted by atomic mass is 19.1. The summed E-state index contributed by atoms with van der Waals surface area (Å²) in [6, 6.07) is 12.0. The van der Waals surface area contributed by atoms with Gasteiger partial charge in [-0.3, -0.25) is 14.9 Å². The molecule has 5 rings (SSSR count). The highest BCUT2D eigenvalue weighted by Gasteiger charge is 2.32. The molecule has 0 aliphatic heterocycles. The molecule has 0 amide bonds. The monoisotopic (exact) mass is 416 g/mol. The summed E-state index contributed by atoms with van der Waals surface area (Å²) in [6.07, 6.45) is 3.16. The van der Waals surface area contributed by atoms with Crippen molar-refractivity contribution in [2.45, 2.75) is 0 Å². The van der Waals surface area contributed by atoms with Crippen LogP contribution in [-0.4, -0.2) is 22.8 Å². The Morgan fingerprint density at radius 3 is 2.65 bits per heavy atom. The fourth-order valence-electron chi connectivity index (χ4n) is 3.77. The van der Waals surface area contributed by atoms with E-state index in [9.17, 15) is 19.3 Å². The average Bonchev–Trinajstić information content (AvgIpc) is 3.36. The number of fused-ring (bicyclic) bond motifs is 5. The van der Waals surface area contributed by atoms with E-state index in [2.05, 4.69) is 4.98 Å². The zero-order chi connectivity index (χ0) is 21.7. The third-order valence-corrected chi connectivity index (χ3v) is 5.14. The summed E-state index contributed by atoms with van der Waals surface area (Å²) >= 11 is 0. The van der Waals surface area contributed by atoms with Crippen LogP contribution in [0.3, 0.4) is 0 Å². The van der Waals surface area contributed by atoms with Crippen LogP contribution in [0.2, 0.25) is 0 Å². The van der Waals surface area contributed by atoms with Gasteiger partial charge in [0.2, 0.25) is 0 Å². The van der Waals surface area contributed by atoms with Gasteiger partial charge in [-0.2, -0.15) is 0 Å². The SMILES string of the molecule is COc1ccc2c(c1)C(=O)c1c-2c(/C=C/c2ccc([N+](=O)[O-])o2)nc2ccc(F)cc12. The predicted molar refractivity (Wildman–Crippen MR) is 111 cm³/mol. The lowest BCUT2D eigenvalue weighted by atomic mass is 9.99. The van der Waals surface area contributed by atoms with Gasteiger partial charge in [0, 0.05) is 22.1 Å². The fraction of sp³-hybridized carbons (Fsp3) is 0.0435. The van der Waals surface area contributed by atoms with E-state index in [1.807, 2.05) is 0 Å². The Bertz CT molecular complexity index is 1440. The molecule has 0 saturated heterocycles. The number of carbonyl (C=O) groups excluding carboxylic acids is 1. The molecule has 2 aromatic carbocycles. The van der Waals surface area contributed by atoms with Crippen molar-refractivity contribution < 1.29 is 23.3 Å². The normalized spacial score (nSPS) is 12.4. The standard InChI is InChI=1S/C23H13FN2O5/c1-30-14-3-6-15-16(11-14)23(27)22-17-10-12(24)2-7-18(17)25-19(21(15)22)8-4-13-5-9-20(31-13)26(28)29/h2-11H,1H3/b8-4+. The molecule has 0 fully saturated rings. The van der Waals surface area contributed by atoms with E-state index in [1.165, 1.54) is 43.5 Å². The van der Waals surface area contributed by atoms with E-state index in [-0.39, 0.29) is 17.4 Å². The number of hydrogen-bond acceptors (Lipinski definition) is 6. The van der Waals surface area contributed by atoms with Crippen molar-refractivity contribution in [3.05, 3.63) is 87.0 Å². The van der Waals surface area contributed by atoms with Gasteiger partial charge in [-0.25, -0.2) is 9.37 Å². The van der Waals surface area contributed by atoms with E-state index in [0.29, 0.717) is 44.6 Å². The Labute approximate surface area is 174 Å². The number of halogens is 1. The Morgan fingerprint density at radius 2 is 1.90 bits per heavy atom. The second-order valence-corrected chi connectivity index (χ2v) is 6.92. The summed E-state index contributed by atoms with van der Waals surface area (Å²) in [5, 5.41) is 11.3. The predicted octanol–water partition coefficient (Wildman–Crippen LogP) is 5.27. The van der Waals surface area contributed by atoms with Gasteiger partial charge in [0.25, 0.3) is 0 Å². The van der Waals surface area contributed by atoms with Gasteiger partial charge < -0.3 is 9.15 Å². The molecule has 31 heavy (non-hydrogen) atoms. The third kappa shape index (κ3) is 2.96. The van der Waals surface area contributed by atoms with Crippen LogP contribution in [-0.2, 0) is 0 Å². The number of rotatable bonds is 4. The molecule has 4 aromatic rings. The lowest BCUT2D eigenvalue weighted by Crippen LogP contribution is -1.99. The Kier molecular flexibility index (Phi) is 4.14. The van der Waals surface area contributed by atoms with Crippen LogP contribution in [0.5, 0.6) is 5.75 Å². The van der Waals surface area contributed by atoms with Gasteiger partial charge in [0.1, 0.15) is 22.3 Å². The third-order valence-electron chi connectivity index (χ3n) is 5.14. The highest BCUT2D eigenvalue weighted by Crippen LogP contribution is 2.43. The molecule has 8 heteroatoms. The summed E-state index contributed by atoms with van der Waals surface area (Å²) in [5.74, 6) is -0.294. The van der Waals surface area contributed by atoms with Crippen molar-refractivity contribution in [2.75, 3.05) is 7.11 Å². The summed E-state index contributed by atoms with van der Waals surface area (Å²) in [4.78, 5) is 28.1. The van der Waals surface area contributed by atoms with Crippen molar-refractivity contribution in [3.8, 4) is 16.9 Å². The molecule has 2 heterocycles. The Morgan fingerprint density at radius 1 is 1.06 bits per heavy atom. The molecule has 2 aromatic heterocycles. The van der Waals surface area contributed by atoms with Crippen LogP contribution >= 0.6 is 0 Å². The van der Waals surface area contributed by atoms with Crippen molar-refractivity contribution in [1.82, 2.24) is 4.98 Å². The number of carbonyl (C=O) groups is 1. The number of methoxy groups -OCH3 is 1. The second kappa shape index (κ2) is 6.88. The molecular weight excluding hydrogens is 403 g/mol. The van der Waals surface area contributed by atoms with Gasteiger partial charge in [0.05, 0.1) is 24.4 Å². The zero-order valence-corrected chi connectivity index (χ0v) is 16.1. The van der Waals surface area contributed by atoms with Crippen molar-refractivity contribution in [3.63, 3.8) is 0 Å². The van der Waals surface area contributed by atoms with Crippen molar-refractivity contribution >= 4 is 34.7 Å². The lowest BCUT2D eigenvalue weighted by molar-refractivity contribution is -0.402. The molecule has 0 atom stereocenters. The minimum Gasteiger partial charge on any atom is -0.497 e. The van der Waals surface area contributed by atoms with Gasteiger partial charge in [0.15, 0.2) is 5.78 Å². The molecule has 7 nitrogen and oxygen atoms in total. The first-order valence-corrected chi connectivity index (χ1v) is 9.25.